The molecule has 0 heterocycles. The first-order valence-corrected chi connectivity index (χ1v) is 8.79. The van der Waals surface area contributed by atoms with Crippen molar-refractivity contribution >= 4 is 0 Å². The average Bonchev–Trinajstić information content (AvgIpc) is 2.43. The zero-order valence-corrected chi connectivity index (χ0v) is 14.0. The normalized spacial score (nSPS) is 29.7. The Kier molecular flexibility index (Phi) is 8.06. The van der Waals surface area contributed by atoms with E-state index in [1.54, 1.807) is 0 Å². The van der Waals surface area contributed by atoms with E-state index in [4.69, 9.17) is 0 Å². The maximum Gasteiger partial charge on any atom is 0.00926 e. The molecule has 1 saturated carbocycles. The third kappa shape index (κ3) is 5.45. The Morgan fingerprint density at radius 3 is 2.42 bits per heavy atom. The van der Waals surface area contributed by atoms with E-state index in [9.17, 15) is 0 Å². The Morgan fingerprint density at radius 2 is 1.89 bits per heavy atom. The fraction of sp³-hybridized carbons (Fsp3) is 1.00. The van der Waals surface area contributed by atoms with E-state index in [-0.39, 0.29) is 0 Å². The molecule has 4 atom stereocenters. The van der Waals surface area contributed by atoms with Crippen LogP contribution in [0.1, 0.15) is 79.1 Å². The zero-order chi connectivity index (χ0) is 14.3. The molecule has 0 saturated heterocycles. The van der Waals surface area contributed by atoms with Gasteiger partial charge in [0.2, 0.25) is 0 Å². The summed E-state index contributed by atoms with van der Waals surface area (Å²) in [6.07, 6.45) is 11.4. The van der Waals surface area contributed by atoms with Gasteiger partial charge in [-0.3, -0.25) is 0 Å². The number of hydrogen-bond donors (Lipinski definition) is 1. The zero-order valence-electron chi connectivity index (χ0n) is 14.0. The Balaban J connectivity index is 2.53. The maximum atomic E-state index is 3.60. The first-order chi connectivity index (χ1) is 9.12. The largest absolute Gasteiger partial charge is 0.317 e. The smallest absolute Gasteiger partial charge is 0.00926 e. The van der Waals surface area contributed by atoms with E-state index in [1.807, 2.05) is 0 Å². The van der Waals surface area contributed by atoms with E-state index >= 15 is 0 Å². The predicted molar refractivity (Wildman–Crippen MR) is 86.4 cm³/mol. The second kappa shape index (κ2) is 9.00. The van der Waals surface area contributed by atoms with Crippen LogP contribution in [0.2, 0.25) is 0 Å². The molecule has 4 unspecified atom stereocenters. The number of nitrogens with one attached hydrogen (secondary N) is 1. The lowest BCUT2D eigenvalue weighted by atomic mass is 9.70. The SMILES string of the molecule is CCCCC(CC)CC1CC(C(C)C)CCC1NC. The highest BCUT2D eigenvalue weighted by Crippen LogP contribution is 2.38. The van der Waals surface area contributed by atoms with Crippen LogP contribution in [0.4, 0.5) is 0 Å². The quantitative estimate of drug-likeness (QED) is 0.633. The molecular formula is C18H37N. The second-order valence-corrected chi connectivity index (χ2v) is 7.12. The van der Waals surface area contributed by atoms with Crippen LogP contribution >= 0.6 is 0 Å². The minimum Gasteiger partial charge on any atom is -0.317 e. The topological polar surface area (TPSA) is 12.0 Å². The molecule has 0 amide bonds. The molecule has 1 rings (SSSR count). The molecule has 1 nitrogen and oxygen atoms in total. The predicted octanol–water partition coefficient (Wildman–Crippen LogP) is 5.25. The molecule has 19 heavy (non-hydrogen) atoms. The van der Waals surface area contributed by atoms with Gasteiger partial charge in [-0.15, -0.1) is 0 Å². The van der Waals surface area contributed by atoms with Crippen molar-refractivity contribution in [3.63, 3.8) is 0 Å². The van der Waals surface area contributed by atoms with Crippen molar-refractivity contribution in [2.24, 2.45) is 23.7 Å². The summed E-state index contributed by atoms with van der Waals surface area (Å²) < 4.78 is 0. The Morgan fingerprint density at radius 1 is 1.16 bits per heavy atom. The summed E-state index contributed by atoms with van der Waals surface area (Å²) in [6.45, 7) is 9.53. The standard InChI is InChI=1S/C18H37N/c1-6-8-9-15(7-2)12-17-13-16(14(3)4)10-11-18(17)19-5/h14-19H,6-13H2,1-5H3. The van der Waals surface area contributed by atoms with Crippen LogP contribution < -0.4 is 5.32 Å². The van der Waals surface area contributed by atoms with Crippen LogP contribution in [0, 0.1) is 23.7 Å². The lowest BCUT2D eigenvalue weighted by Gasteiger charge is -2.39. The molecule has 0 bridgehead atoms. The van der Waals surface area contributed by atoms with E-state index in [2.05, 4.69) is 40.1 Å². The Bertz CT molecular complexity index is 224. The van der Waals surface area contributed by atoms with Crippen LogP contribution in [0.25, 0.3) is 0 Å². The van der Waals surface area contributed by atoms with Gasteiger partial charge in [0.1, 0.15) is 0 Å². The maximum absolute atomic E-state index is 3.60. The lowest BCUT2D eigenvalue weighted by molar-refractivity contribution is 0.146. The lowest BCUT2D eigenvalue weighted by Crippen LogP contribution is -2.40. The number of rotatable bonds is 8. The van der Waals surface area contributed by atoms with Crippen LogP contribution in [-0.2, 0) is 0 Å². The van der Waals surface area contributed by atoms with Crippen LogP contribution in [0.5, 0.6) is 0 Å². The molecule has 1 aliphatic rings. The van der Waals surface area contributed by atoms with Gasteiger partial charge >= 0.3 is 0 Å². The van der Waals surface area contributed by atoms with Crippen molar-refractivity contribution in [2.45, 2.75) is 85.1 Å². The van der Waals surface area contributed by atoms with Gasteiger partial charge in [0.05, 0.1) is 0 Å². The highest BCUT2D eigenvalue weighted by Gasteiger charge is 2.31. The molecular weight excluding hydrogens is 230 g/mol. The van der Waals surface area contributed by atoms with Crippen molar-refractivity contribution in [1.82, 2.24) is 5.32 Å². The van der Waals surface area contributed by atoms with Gasteiger partial charge in [-0.1, -0.05) is 53.4 Å². The molecule has 0 radical (unpaired) electrons. The molecule has 0 aromatic rings. The van der Waals surface area contributed by atoms with Crippen molar-refractivity contribution in [3.05, 3.63) is 0 Å². The minimum absolute atomic E-state index is 0.783. The van der Waals surface area contributed by atoms with Gasteiger partial charge < -0.3 is 5.32 Å². The average molecular weight is 268 g/mol. The molecule has 0 aromatic heterocycles. The van der Waals surface area contributed by atoms with E-state index < -0.39 is 0 Å². The second-order valence-electron chi connectivity index (χ2n) is 7.12. The third-order valence-corrected chi connectivity index (χ3v) is 5.52. The Labute approximate surface area is 121 Å². The number of unbranched alkanes of at least 4 members (excludes halogenated alkanes) is 1. The molecule has 1 aliphatic carbocycles. The van der Waals surface area contributed by atoms with Gasteiger partial charge in [0.25, 0.3) is 0 Å². The highest BCUT2D eigenvalue weighted by atomic mass is 14.9. The van der Waals surface area contributed by atoms with Gasteiger partial charge in [-0.05, 0) is 56.4 Å². The van der Waals surface area contributed by atoms with Crippen molar-refractivity contribution in [1.29, 1.82) is 0 Å². The Hall–Kier alpha value is -0.0400. The van der Waals surface area contributed by atoms with Gasteiger partial charge in [-0.25, -0.2) is 0 Å². The fourth-order valence-electron chi connectivity index (χ4n) is 3.96. The van der Waals surface area contributed by atoms with Crippen LogP contribution in [0.15, 0.2) is 0 Å². The molecule has 0 aromatic carbocycles. The summed E-state index contributed by atoms with van der Waals surface area (Å²) in [7, 11) is 2.17. The van der Waals surface area contributed by atoms with Gasteiger partial charge in [0, 0.05) is 6.04 Å². The van der Waals surface area contributed by atoms with Crippen molar-refractivity contribution in [2.75, 3.05) is 7.05 Å². The fourth-order valence-corrected chi connectivity index (χ4v) is 3.96. The van der Waals surface area contributed by atoms with Crippen LogP contribution in [0.3, 0.4) is 0 Å². The van der Waals surface area contributed by atoms with E-state index in [1.165, 1.54) is 51.4 Å². The molecule has 0 aliphatic heterocycles. The summed E-state index contributed by atoms with van der Waals surface area (Å²) in [5.41, 5.74) is 0. The summed E-state index contributed by atoms with van der Waals surface area (Å²) in [6, 6.07) is 0.783. The van der Waals surface area contributed by atoms with Crippen LogP contribution in [-0.4, -0.2) is 13.1 Å². The summed E-state index contributed by atoms with van der Waals surface area (Å²) >= 11 is 0. The molecule has 1 fully saturated rings. The monoisotopic (exact) mass is 267 g/mol. The molecule has 1 N–H and O–H groups in total. The van der Waals surface area contributed by atoms with Gasteiger partial charge in [-0.2, -0.15) is 0 Å². The van der Waals surface area contributed by atoms with Crippen molar-refractivity contribution in [3.8, 4) is 0 Å². The first-order valence-electron chi connectivity index (χ1n) is 8.79. The van der Waals surface area contributed by atoms with Gasteiger partial charge in [0.15, 0.2) is 0 Å². The summed E-state index contributed by atoms with van der Waals surface area (Å²) in [4.78, 5) is 0. The molecule has 1 heteroatoms. The molecule has 0 spiro atoms. The summed E-state index contributed by atoms with van der Waals surface area (Å²) in [5.74, 6) is 3.73. The third-order valence-electron chi connectivity index (χ3n) is 5.52. The van der Waals surface area contributed by atoms with Crippen molar-refractivity contribution < 1.29 is 0 Å². The minimum atomic E-state index is 0.783. The first kappa shape index (κ1) is 17.0. The summed E-state index contributed by atoms with van der Waals surface area (Å²) in [5, 5.41) is 3.60. The van der Waals surface area contributed by atoms with E-state index in [0.29, 0.717) is 0 Å². The molecule has 114 valence electrons. The van der Waals surface area contributed by atoms with E-state index in [0.717, 1.165) is 29.7 Å². The number of hydrogen-bond acceptors (Lipinski definition) is 1. The highest BCUT2D eigenvalue weighted by molar-refractivity contribution is 4.86.